The summed E-state index contributed by atoms with van der Waals surface area (Å²) >= 11 is 3.27. The van der Waals surface area contributed by atoms with E-state index in [1.807, 2.05) is 6.07 Å². The first kappa shape index (κ1) is 19.6. The lowest BCUT2D eigenvalue weighted by Gasteiger charge is -2.18. The van der Waals surface area contributed by atoms with E-state index in [9.17, 15) is 9.59 Å². The van der Waals surface area contributed by atoms with Gasteiger partial charge < -0.3 is 14.8 Å². The first-order valence-corrected chi connectivity index (χ1v) is 9.17. The Balaban J connectivity index is 1.84. The number of aromatic nitrogens is 1. The van der Waals surface area contributed by atoms with E-state index in [-0.39, 0.29) is 5.56 Å². The van der Waals surface area contributed by atoms with Crippen LogP contribution in [0.3, 0.4) is 0 Å². The molecular formula is C21H17BrN2O4. The summed E-state index contributed by atoms with van der Waals surface area (Å²) < 4.78 is 11.3. The zero-order valence-corrected chi connectivity index (χ0v) is 16.5. The van der Waals surface area contributed by atoms with E-state index in [0.717, 1.165) is 0 Å². The largest absolute Gasteiger partial charge is 0.497 e. The highest BCUT2D eigenvalue weighted by Gasteiger charge is 2.26. The number of esters is 1. The molecule has 0 aliphatic carbocycles. The van der Waals surface area contributed by atoms with Crippen molar-refractivity contribution in [3.8, 4) is 5.75 Å². The molecule has 1 unspecified atom stereocenters. The predicted molar refractivity (Wildman–Crippen MR) is 108 cm³/mol. The standard InChI is InChI=1S/C21H17BrN2O4/c1-27-18-9-5-8-17(11-18)24-20(25)19(14-6-3-2-4-7-14)28-21(26)15-10-16(22)13-23-12-15/h2-13,19H,1H3,(H,24,25). The van der Waals surface area contributed by atoms with Gasteiger partial charge in [0.25, 0.3) is 5.91 Å². The highest BCUT2D eigenvalue weighted by molar-refractivity contribution is 9.10. The smallest absolute Gasteiger partial charge is 0.340 e. The molecule has 0 saturated carbocycles. The number of nitrogens with one attached hydrogen (secondary N) is 1. The Labute approximate surface area is 170 Å². The van der Waals surface area contributed by atoms with E-state index >= 15 is 0 Å². The third-order valence-corrected chi connectivity index (χ3v) is 4.28. The van der Waals surface area contributed by atoms with Crippen molar-refractivity contribution in [2.24, 2.45) is 0 Å². The van der Waals surface area contributed by atoms with E-state index in [0.29, 0.717) is 21.5 Å². The average molecular weight is 441 g/mol. The fraction of sp³-hybridized carbons (Fsp3) is 0.0952. The predicted octanol–water partition coefficient (Wildman–Crippen LogP) is 4.39. The molecule has 0 saturated heterocycles. The second kappa shape index (κ2) is 9.14. The van der Waals surface area contributed by atoms with Crippen molar-refractivity contribution in [1.29, 1.82) is 0 Å². The summed E-state index contributed by atoms with van der Waals surface area (Å²) in [7, 11) is 1.54. The molecule has 1 atom stereocenters. The number of carbonyl (C=O) groups excluding carboxylic acids is 2. The first-order chi connectivity index (χ1) is 13.6. The molecule has 0 spiro atoms. The highest BCUT2D eigenvalue weighted by atomic mass is 79.9. The molecule has 6 nitrogen and oxygen atoms in total. The minimum absolute atomic E-state index is 0.240. The molecule has 1 heterocycles. The number of methoxy groups -OCH3 is 1. The molecule has 7 heteroatoms. The van der Waals surface area contributed by atoms with Gasteiger partial charge in [0.2, 0.25) is 6.10 Å². The molecule has 0 bridgehead atoms. The number of rotatable bonds is 6. The molecule has 142 valence electrons. The van der Waals surface area contributed by atoms with Crippen LogP contribution >= 0.6 is 15.9 Å². The van der Waals surface area contributed by atoms with Crippen LogP contribution in [0.2, 0.25) is 0 Å². The molecule has 1 N–H and O–H groups in total. The van der Waals surface area contributed by atoms with E-state index in [2.05, 4.69) is 26.2 Å². The van der Waals surface area contributed by atoms with Gasteiger partial charge in [-0.2, -0.15) is 0 Å². The number of halogens is 1. The molecule has 3 rings (SSSR count). The van der Waals surface area contributed by atoms with Gasteiger partial charge >= 0.3 is 5.97 Å². The Morgan fingerprint density at radius 1 is 1.04 bits per heavy atom. The lowest BCUT2D eigenvalue weighted by Crippen LogP contribution is -2.26. The van der Waals surface area contributed by atoms with Crippen molar-refractivity contribution in [3.63, 3.8) is 0 Å². The van der Waals surface area contributed by atoms with Crippen LogP contribution in [0.25, 0.3) is 0 Å². The molecule has 28 heavy (non-hydrogen) atoms. The SMILES string of the molecule is COc1cccc(NC(=O)C(OC(=O)c2cncc(Br)c2)c2ccccc2)c1. The van der Waals surface area contributed by atoms with Crippen molar-refractivity contribution in [3.05, 3.63) is 88.7 Å². The van der Waals surface area contributed by atoms with Crippen molar-refractivity contribution in [1.82, 2.24) is 4.98 Å². The zero-order valence-electron chi connectivity index (χ0n) is 15.0. The van der Waals surface area contributed by atoms with Crippen LogP contribution in [0.1, 0.15) is 22.0 Å². The Kier molecular flexibility index (Phi) is 6.39. The van der Waals surface area contributed by atoms with Crippen LogP contribution in [0.15, 0.2) is 77.5 Å². The van der Waals surface area contributed by atoms with Crippen LogP contribution in [-0.4, -0.2) is 24.0 Å². The number of hydrogen-bond donors (Lipinski definition) is 1. The van der Waals surface area contributed by atoms with Crippen LogP contribution in [-0.2, 0) is 9.53 Å². The zero-order chi connectivity index (χ0) is 19.9. The van der Waals surface area contributed by atoms with Crippen LogP contribution in [0, 0.1) is 0 Å². The van der Waals surface area contributed by atoms with Gasteiger partial charge in [0.05, 0.1) is 12.7 Å². The van der Waals surface area contributed by atoms with Gasteiger partial charge in [-0.3, -0.25) is 9.78 Å². The van der Waals surface area contributed by atoms with Crippen LogP contribution in [0.4, 0.5) is 5.69 Å². The lowest BCUT2D eigenvalue weighted by atomic mass is 10.1. The molecule has 3 aromatic rings. The van der Waals surface area contributed by atoms with Gasteiger partial charge in [-0.15, -0.1) is 0 Å². The Morgan fingerprint density at radius 2 is 1.82 bits per heavy atom. The molecule has 1 amide bonds. The molecule has 2 aromatic carbocycles. The minimum atomic E-state index is -1.13. The third kappa shape index (κ3) is 4.95. The van der Waals surface area contributed by atoms with E-state index in [1.165, 1.54) is 6.20 Å². The fourth-order valence-corrected chi connectivity index (χ4v) is 2.87. The van der Waals surface area contributed by atoms with E-state index in [1.54, 1.807) is 67.9 Å². The summed E-state index contributed by atoms with van der Waals surface area (Å²) in [4.78, 5) is 29.4. The topological polar surface area (TPSA) is 77.5 Å². The fourth-order valence-electron chi connectivity index (χ4n) is 2.51. The maximum atomic E-state index is 12.9. The molecule has 0 fully saturated rings. The summed E-state index contributed by atoms with van der Waals surface area (Å²) in [5.74, 6) is -0.523. The van der Waals surface area contributed by atoms with Crippen LogP contribution < -0.4 is 10.1 Å². The normalized spacial score (nSPS) is 11.4. The lowest BCUT2D eigenvalue weighted by molar-refractivity contribution is -0.125. The Hall–Kier alpha value is -3.19. The van der Waals surface area contributed by atoms with Gasteiger partial charge in [-0.25, -0.2) is 4.79 Å². The number of nitrogens with zero attached hydrogens (tertiary/aromatic N) is 1. The Morgan fingerprint density at radius 3 is 2.54 bits per heavy atom. The number of benzene rings is 2. The summed E-state index contributed by atoms with van der Waals surface area (Å²) in [6, 6.07) is 17.3. The Bertz CT molecular complexity index is 979. The number of carbonyl (C=O) groups is 2. The summed E-state index contributed by atoms with van der Waals surface area (Å²) in [6.07, 6.45) is 1.81. The number of pyridine rings is 1. The number of hydrogen-bond acceptors (Lipinski definition) is 5. The maximum absolute atomic E-state index is 12.9. The van der Waals surface area contributed by atoms with Gasteiger partial charge in [-0.05, 0) is 34.1 Å². The van der Waals surface area contributed by atoms with Crippen molar-refractivity contribution in [2.75, 3.05) is 12.4 Å². The molecular weight excluding hydrogens is 424 g/mol. The summed E-state index contributed by atoms with van der Waals surface area (Å²) in [6.45, 7) is 0. The summed E-state index contributed by atoms with van der Waals surface area (Å²) in [5, 5.41) is 2.76. The second-order valence-electron chi connectivity index (χ2n) is 5.81. The molecule has 0 aliphatic rings. The molecule has 0 aliphatic heterocycles. The number of anilines is 1. The van der Waals surface area contributed by atoms with E-state index in [4.69, 9.17) is 9.47 Å². The van der Waals surface area contributed by atoms with Crippen molar-refractivity contribution < 1.29 is 19.1 Å². The number of amides is 1. The van der Waals surface area contributed by atoms with E-state index < -0.39 is 18.0 Å². The third-order valence-electron chi connectivity index (χ3n) is 3.84. The molecule has 0 radical (unpaired) electrons. The first-order valence-electron chi connectivity index (χ1n) is 8.38. The highest BCUT2D eigenvalue weighted by Crippen LogP contribution is 2.23. The van der Waals surface area contributed by atoms with Gasteiger partial charge in [0.1, 0.15) is 5.75 Å². The van der Waals surface area contributed by atoms with Crippen LogP contribution in [0.5, 0.6) is 5.75 Å². The van der Waals surface area contributed by atoms with Gasteiger partial charge in [0.15, 0.2) is 0 Å². The summed E-state index contributed by atoms with van der Waals surface area (Å²) in [5.41, 5.74) is 1.33. The average Bonchev–Trinajstić information content (AvgIpc) is 2.72. The maximum Gasteiger partial charge on any atom is 0.340 e. The quantitative estimate of drug-likeness (QED) is 0.575. The number of ether oxygens (including phenoxy) is 2. The van der Waals surface area contributed by atoms with Gasteiger partial charge in [-0.1, -0.05) is 36.4 Å². The monoisotopic (exact) mass is 440 g/mol. The minimum Gasteiger partial charge on any atom is -0.497 e. The molecule has 1 aromatic heterocycles. The van der Waals surface area contributed by atoms with Crippen molar-refractivity contribution >= 4 is 33.5 Å². The second-order valence-corrected chi connectivity index (χ2v) is 6.72. The van der Waals surface area contributed by atoms with Crippen molar-refractivity contribution in [2.45, 2.75) is 6.10 Å². The van der Waals surface area contributed by atoms with Gasteiger partial charge in [0, 0.05) is 34.2 Å².